The summed E-state index contributed by atoms with van der Waals surface area (Å²) in [5.74, 6) is 0.553. The molecule has 2 rings (SSSR count). The van der Waals surface area contributed by atoms with E-state index in [0.29, 0.717) is 17.7 Å². The molecule has 0 atom stereocenters. The van der Waals surface area contributed by atoms with E-state index in [1.54, 1.807) is 36.0 Å². The van der Waals surface area contributed by atoms with Crippen molar-refractivity contribution >= 4 is 43.6 Å². The molecule has 0 aliphatic heterocycles. The highest BCUT2D eigenvalue weighted by molar-refractivity contribution is 9.10. The second-order valence-electron chi connectivity index (χ2n) is 5.72. The number of benzene rings is 2. The second-order valence-corrected chi connectivity index (χ2v) is 9.93. The van der Waals surface area contributed by atoms with Crippen LogP contribution in [0.25, 0.3) is 0 Å². The SMILES string of the molecule is CN(C)S(=O)(=O)c1ccccc1CNC(=O)CCSc1ccc(Br)cc1. The molecule has 2 aromatic carbocycles. The van der Waals surface area contributed by atoms with Crippen LogP contribution >= 0.6 is 27.7 Å². The van der Waals surface area contributed by atoms with E-state index >= 15 is 0 Å². The maximum atomic E-state index is 12.4. The first-order chi connectivity index (χ1) is 12.3. The first-order valence-electron chi connectivity index (χ1n) is 7.96. The van der Waals surface area contributed by atoms with Gasteiger partial charge in [-0.1, -0.05) is 34.1 Å². The van der Waals surface area contributed by atoms with Crippen LogP contribution < -0.4 is 5.32 Å². The highest BCUT2D eigenvalue weighted by Crippen LogP contribution is 2.21. The van der Waals surface area contributed by atoms with E-state index in [1.807, 2.05) is 24.3 Å². The molecule has 0 aliphatic rings. The number of carbonyl (C=O) groups is 1. The lowest BCUT2D eigenvalue weighted by molar-refractivity contribution is -0.120. The Hall–Kier alpha value is -1.35. The van der Waals surface area contributed by atoms with E-state index in [0.717, 1.165) is 9.37 Å². The number of hydrogen-bond acceptors (Lipinski definition) is 4. The Balaban J connectivity index is 1.89. The molecular weight excluding hydrogens is 436 g/mol. The van der Waals surface area contributed by atoms with Crippen LogP contribution in [0.5, 0.6) is 0 Å². The molecular formula is C18H21BrN2O3S2. The van der Waals surface area contributed by atoms with E-state index in [4.69, 9.17) is 0 Å². The zero-order chi connectivity index (χ0) is 19.2. The quantitative estimate of drug-likeness (QED) is 0.617. The molecule has 1 N–H and O–H groups in total. The molecule has 0 heterocycles. The van der Waals surface area contributed by atoms with E-state index < -0.39 is 10.0 Å². The predicted molar refractivity (Wildman–Crippen MR) is 109 cm³/mol. The summed E-state index contributed by atoms with van der Waals surface area (Å²) in [6.45, 7) is 0.186. The molecule has 0 saturated heterocycles. The minimum atomic E-state index is -3.54. The molecule has 0 aliphatic carbocycles. The lowest BCUT2D eigenvalue weighted by Gasteiger charge is -2.15. The molecule has 26 heavy (non-hydrogen) atoms. The van der Waals surface area contributed by atoms with Crippen molar-refractivity contribution in [1.29, 1.82) is 0 Å². The van der Waals surface area contributed by atoms with Crippen molar-refractivity contribution in [3.8, 4) is 0 Å². The minimum absolute atomic E-state index is 0.105. The molecule has 8 heteroatoms. The van der Waals surface area contributed by atoms with Crippen LogP contribution in [0.15, 0.2) is 62.8 Å². The Bertz CT molecular complexity index is 853. The van der Waals surface area contributed by atoms with Gasteiger partial charge in [0, 0.05) is 42.2 Å². The van der Waals surface area contributed by atoms with E-state index in [1.165, 1.54) is 18.4 Å². The molecule has 2 aromatic rings. The van der Waals surface area contributed by atoms with Crippen LogP contribution in [0.2, 0.25) is 0 Å². The van der Waals surface area contributed by atoms with Gasteiger partial charge in [0.25, 0.3) is 0 Å². The predicted octanol–water partition coefficient (Wildman–Crippen LogP) is 3.50. The van der Waals surface area contributed by atoms with Gasteiger partial charge in [-0.2, -0.15) is 0 Å². The molecule has 0 unspecified atom stereocenters. The summed E-state index contributed by atoms with van der Waals surface area (Å²) in [4.78, 5) is 13.4. The standard InChI is InChI=1S/C18H21BrN2O3S2/c1-21(2)26(23,24)17-6-4-3-5-14(17)13-20-18(22)11-12-25-16-9-7-15(19)8-10-16/h3-10H,11-13H2,1-2H3,(H,20,22). The summed E-state index contributed by atoms with van der Waals surface area (Å²) in [5, 5.41) is 2.80. The van der Waals surface area contributed by atoms with Crippen LogP contribution in [0.4, 0.5) is 0 Å². The van der Waals surface area contributed by atoms with Crippen molar-refractivity contribution < 1.29 is 13.2 Å². The second kappa shape index (κ2) is 9.55. The van der Waals surface area contributed by atoms with Gasteiger partial charge in [-0.15, -0.1) is 11.8 Å². The van der Waals surface area contributed by atoms with Crippen molar-refractivity contribution in [3.63, 3.8) is 0 Å². The van der Waals surface area contributed by atoms with Gasteiger partial charge in [-0.05, 0) is 35.9 Å². The summed E-state index contributed by atoms with van der Waals surface area (Å²) < 4.78 is 26.9. The van der Waals surface area contributed by atoms with Crippen LogP contribution in [-0.2, 0) is 21.4 Å². The highest BCUT2D eigenvalue weighted by Gasteiger charge is 2.20. The molecule has 140 valence electrons. The van der Waals surface area contributed by atoms with Crippen LogP contribution in [-0.4, -0.2) is 38.5 Å². The van der Waals surface area contributed by atoms with E-state index in [2.05, 4.69) is 21.2 Å². The van der Waals surface area contributed by atoms with Gasteiger partial charge >= 0.3 is 0 Å². The lowest BCUT2D eigenvalue weighted by Crippen LogP contribution is -2.27. The zero-order valence-corrected chi connectivity index (χ0v) is 17.8. The fraction of sp³-hybridized carbons (Fsp3) is 0.278. The Kier molecular flexibility index (Phi) is 7.69. The zero-order valence-electron chi connectivity index (χ0n) is 14.6. The third-order valence-corrected chi connectivity index (χ3v) is 7.08. The van der Waals surface area contributed by atoms with Crippen molar-refractivity contribution in [2.75, 3.05) is 19.8 Å². The average Bonchev–Trinajstić information content (AvgIpc) is 2.61. The first kappa shape index (κ1) is 21.0. The third-order valence-electron chi connectivity index (χ3n) is 3.62. The van der Waals surface area contributed by atoms with E-state index in [-0.39, 0.29) is 17.3 Å². The molecule has 0 aromatic heterocycles. The summed E-state index contributed by atoms with van der Waals surface area (Å²) in [7, 11) is -0.558. The number of carbonyl (C=O) groups excluding carboxylic acids is 1. The lowest BCUT2D eigenvalue weighted by atomic mass is 10.2. The summed E-state index contributed by atoms with van der Waals surface area (Å²) in [5.41, 5.74) is 0.579. The van der Waals surface area contributed by atoms with Crippen LogP contribution in [0.3, 0.4) is 0 Å². The normalized spacial score (nSPS) is 11.5. The molecule has 0 bridgehead atoms. The maximum Gasteiger partial charge on any atom is 0.242 e. The van der Waals surface area contributed by atoms with Gasteiger partial charge in [0.15, 0.2) is 0 Å². The van der Waals surface area contributed by atoms with Crippen LogP contribution in [0, 0.1) is 0 Å². The topological polar surface area (TPSA) is 66.5 Å². The van der Waals surface area contributed by atoms with Crippen molar-refractivity contribution in [1.82, 2.24) is 9.62 Å². The molecule has 1 amide bonds. The highest BCUT2D eigenvalue weighted by atomic mass is 79.9. The average molecular weight is 457 g/mol. The van der Waals surface area contributed by atoms with Gasteiger partial charge in [0.2, 0.25) is 15.9 Å². The van der Waals surface area contributed by atoms with E-state index in [9.17, 15) is 13.2 Å². The Morgan fingerprint density at radius 3 is 2.42 bits per heavy atom. The van der Waals surface area contributed by atoms with Gasteiger partial charge in [0.05, 0.1) is 4.90 Å². The first-order valence-corrected chi connectivity index (χ1v) is 11.2. The molecule has 0 fully saturated rings. The van der Waals surface area contributed by atoms with Crippen molar-refractivity contribution in [2.24, 2.45) is 0 Å². The molecule has 0 radical (unpaired) electrons. The Labute approximate surface area is 167 Å². The number of hydrogen-bond donors (Lipinski definition) is 1. The Morgan fingerprint density at radius 2 is 1.77 bits per heavy atom. The number of thioether (sulfide) groups is 1. The maximum absolute atomic E-state index is 12.4. The number of halogens is 1. The smallest absolute Gasteiger partial charge is 0.242 e. The van der Waals surface area contributed by atoms with Gasteiger partial charge < -0.3 is 5.32 Å². The number of amides is 1. The largest absolute Gasteiger partial charge is 0.352 e. The molecule has 0 spiro atoms. The number of nitrogens with zero attached hydrogens (tertiary/aromatic N) is 1. The fourth-order valence-corrected chi connectivity index (χ4v) is 4.40. The van der Waals surface area contributed by atoms with Gasteiger partial charge in [0.1, 0.15) is 0 Å². The number of sulfonamides is 1. The Morgan fingerprint density at radius 1 is 1.12 bits per heavy atom. The summed E-state index contributed by atoms with van der Waals surface area (Å²) in [6.07, 6.45) is 0.364. The van der Waals surface area contributed by atoms with Crippen LogP contribution in [0.1, 0.15) is 12.0 Å². The van der Waals surface area contributed by atoms with Crippen molar-refractivity contribution in [3.05, 3.63) is 58.6 Å². The van der Waals surface area contributed by atoms with Gasteiger partial charge in [-0.25, -0.2) is 12.7 Å². The minimum Gasteiger partial charge on any atom is -0.352 e. The molecule has 0 saturated carbocycles. The van der Waals surface area contributed by atoms with Crippen molar-refractivity contribution in [2.45, 2.75) is 22.8 Å². The third kappa shape index (κ3) is 5.84. The monoisotopic (exact) mass is 456 g/mol. The number of nitrogens with one attached hydrogen (secondary N) is 1. The summed E-state index contributed by atoms with van der Waals surface area (Å²) in [6, 6.07) is 14.6. The summed E-state index contributed by atoms with van der Waals surface area (Å²) >= 11 is 5.00. The fourth-order valence-electron chi connectivity index (χ4n) is 2.17. The van der Waals surface area contributed by atoms with Gasteiger partial charge in [-0.3, -0.25) is 4.79 Å². The molecule has 5 nitrogen and oxygen atoms in total. The number of rotatable bonds is 8.